The van der Waals surface area contributed by atoms with E-state index in [4.69, 9.17) is 6.03 Å². The number of benzene rings is 8. The molecule has 0 radical (unpaired) electrons. The second-order valence-electron chi connectivity index (χ2n) is 14.5. The molecule has 0 aliphatic carbocycles. The van der Waals surface area contributed by atoms with Crippen molar-refractivity contribution in [2.24, 2.45) is 0 Å². The van der Waals surface area contributed by atoms with E-state index in [1.807, 2.05) is 146 Å². The van der Waals surface area contributed by atoms with Gasteiger partial charge in [0, 0.05) is 0 Å². The van der Waals surface area contributed by atoms with E-state index >= 15 is 0 Å². The van der Waals surface area contributed by atoms with Crippen LogP contribution in [0.15, 0.2) is 243 Å². The summed E-state index contributed by atoms with van der Waals surface area (Å²) in [7, 11) is 0. The Morgan fingerprint density at radius 1 is 0.271 bits per heavy atom. The van der Waals surface area contributed by atoms with Crippen molar-refractivity contribution in [1.82, 2.24) is 0 Å². The SMILES string of the molecule is O=C(CCCC(=O)[O][Sb]([c]1ccccc1)([c]1ccccc1)([c]1ccccc1)[c]1ccccc1)[O][Sb]([c]1ccccc1)([c]1ccccc1)([c]1ccccc1)[c]1ccccc1. The van der Waals surface area contributed by atoms with Crippen molar-refractivity contribution in [2.45, 2.75) is 19.3 Å². The Kier molecular flexibility index (Phi) is 11.8. The Hall–Kier alpha value is -5.66. The quantitative estimate of drug-likeness (QED) is 0.120. The molecule has 8 aromatic rings. The molecule has 0 bridgehead atoms. The molecule has 0 aliphatic rings. The molecule has 0 unspecified atom stereocenters. The van der Waals surface area contributed by atoms with Gasteiger partial charge in [0.1, 0.15) is 0 Å². The van der Waals surface area contributed by atoms with E-state index in [1.165, 1.54) is 0 Å². The van der Waals surface area contributed by atoms with Crippen molar-refractivity contribution in [3.63, 3.8) is 0 Å². The summed E-state index contributed by atoms with van der Waals surface area (Å²) in [4.78, 5) is 29.7. The van der Waals surface area contributed by atoms with Gasteiger partial charge in [-0.05, 0) is 0 Å². The van der Waals surface area contributed by atoms with E-state index in [1.54, 1.807) is 0 Å². The Morgan fingerprint density at radius 2 is 0.424 bits per heavy atom. The predicted octanol–water partition coefficient (Wildman–Crippen LogP) is 6.30. The van der Waals surface area contributed by atoms with Crippen LogP contribution in [0.3, 0.4) is 0 Å². The maximum atomic E-state index is 14.9. The molecule has 0 fully saturated rings. The minimum absolute atomic E-state index is 0.0214. The van der Waals surface area contributed by atoms with Crippen LogP contribution in [-0.4, -0.2) is 47.6 Å². The molecule has 4 nitrogen and oxygen atoms in total. The van der Waals surface area contributed by atoms with Crippen LogP contribution in [0.1, 0.15) is 19.3 Å². The molecular weight excluding hydrogens is 944 g/mol. The third-order valence-corrected chi connectivity index (χ3v) is 43.9. The Bertz CT molecular complexity index is 2090. The van der Waals surface area contributed by atoms with Gasteiger partial charge in [0.05, 0.1) is 0 Å². The van der Waals surface area contributed by atoms with Gasteiger partial charge < -0.3 is 0 Å². The molecule has 8 rings (SSSR count). The van der Waals surface area contributed by atoms with Gasteiger partial charge in [0.15, 0.2) is 0 Å². The molecule has 0 amide bonds. The maximum absolute atomic E-state index is 14.9. The zero-order valence-corrected chi connectivity index (χ0v) is 37.8. The second-order valence-corrected chi connectivity index (χ2v) is 39.2. The van der Waals surface area contributed by atoms with Crippen molar-refractivity contribution in [2.75, 3.05) is 0 Å². The first-order chi connectivity index (χ1) is 29.0. The van der Waals surface area contributed by atoms with Gasteiger partial charge in [0.25, 0.3) is 0 Å². The normalized spacial score (nSPS) is 12.8. The molecule has 0 heterocycles. The van der Waals surface area contributed by atoms with Crippen molar-refractivity contribution in [3.8, 4) is 0 Å². The molecule has 0 spiro atoms. The fourth-order valence-corrected chi connectivity index (χ4v) is 41.2. The topological polar surface area (TPSA) is 52.6 Å². The number of carbonyl (C=O) groups is 2. The van der Waals surface area contributed by atoms with Gasteiger partial charge >= 0.3 is 353 Å². The van der Waals surface area contributed by atoms with Crippen LogP contribution in [0.5, 0.6) is 0 Å². The molecule has 0 saturated heterocycles. The molecule has 0 aromatic heterocycles. The van der Waals surface area contributed by atoms with Crippen LogP contribution in [0, 0.1) is 0 Å². The van der Waals surface area contributed by atoms with Crippen molar-refractivity contribution in [1.29, 1.82) is 0 Å². The van der Waals surface area contributed by atoms with E-state index in [0.717, 1.165) is 28.1 Å². The van der Waals surface area contributed by atoms with Crippen LogP contribution in [0.2, 0.25) is 0 Å². The summed E-state index contributed by atoms with van der Waals surface area (Å²) in [5.41, 5.74) is 0. The van der Waals surface area contributed by atoms with Gasteiger partial charge in [-0.3, -0.25) is 0 Å². The molecule has 59 heavy (non-hydrogen) atoms. The summed E-state index contributed by atoms with van der Waals surface area (Å²) in [5.74, 6) is -0.720. The number of hydrogen-bond acceptors (Lipinski definition) is 4. The van der Waals surface area contributed by atoms with Gasteiger partial charge in [-0.15, -0.1) is 0 Å². The van der Waals surface area contributed by atoms with E-state index in [9.17, 15) is 9.59 Å². The summed E-state index contributed by atoms with van der Waals surface area (Å²) in [6.07, 6.45) is 0.285. The first-order valence-electron chi connectivity index (χ1n) is 20.0. The molecule has 0 aliphatic heterocycles. The van der Waals surface area contributed by atoms with Crippen LogP contribution in [-0.2, 0) is 15.6 Å². The average molecular weight is 990 g/mol. The molecule has 292 valence electrons. The van der Waals surface area contributed by atoms with Crippen LogP contribution in [0.4, 0.5) is 0 Å². The van der Waals surface area contributed by atoms with Gasteiger partial charge in [-0.2, -0.15) is 0 Å². The monoisotopic (exact) mass is 988 g/mol. The molecule has 0 saturated carbocycles. The Labute approximate surface area is 350 Å². The van der Waals surface area contributed by atoms with Crippen LogP contribution < -0.4 is 28.1 Å². The Balaban J connectivity index is 1.21. The van der Waals surface area contributed by atoms with Crippen LogP contribution in [0.25, 0.3) is 0 Å². The van der Waals surface area contributed by atoms with Crippen molar-refractivity contribution >= 4 is 75.7 Å². The predicted molar refractivity (Wildman–Crippen MR) is 246 cm³/mol. The van der Waals surface area contributed by atoms with E-state index < -0.39 is 35.6 Å². The summed E-state index contributed by atoms with van der Waals surface area (Å²) in [6, 6.07) is 81.9. The number of rotatable bonds is 14. The minimum atomic E-state index is -5.45. The first kappa shape index (κ1) is 40.1. The summed E-state index contributed by atoms with van der Waals surface area (Å²) in [5, 5.41) is 0. The third kappa shape index (κ3) is 6.73. The zero-order chi connectivity index (χ0) is 40.5. The molecule has 8 aromatic carbocycles. The summed E-state index contributed by atoms with van der Waals surface area (Å²) >= 11 is -10.9. The molecule has 0 atom stereocenters. The van der Waals surface area contributed by atoms with E-state index in [-0.39, 0.29) is 31.2 Å². The van der Waals surface area contributed by atoms with Gasteiger partial charge in [-0.25, -0.2) is 0 Å². The fourth-order valence-electron chi connectivity index (χ4n) is 8.79. The van der Waals surface area contributed by atoms with Crippen LogP contribution >= 0.6 is 0 Å². The second kappa shape index (κ2) is 17.3. The fraction of sp³-hybridized carbons (Fsp3) is 0.0566. The molecule has 6 heteroatoms. The number of carbonyl (C=O) groups excluding carboxylic acids is 2. The van der Waals surface area contributed by atoms with Gasteiger partial charge in [0.2, 0.25) is 0 Å². The summed E-state index contributed by atoms with van der Waals surface area (Å²) in [6.45, 7) is 0. The first-order valence-corrected chi connectivity index (χ1v) is 32.3. The van der Waals surface area contributed by atoms with Crippen molar-refractivity contribution < 1.29 is 15.6 Å². The molecular formula is C53H46O4Sb2. The summed E-state index contributed by atoms with van der Waals surface area (Å²) < 4.78 is 22.6. The zero-order valence-electron chi connectivity index (χ0n) is 32.7. The van der Waals surface area contributed by atoms with Crippen molar-refractivity contribution in [3.05, 3.63) is 243 Å². The molecule has 0 N–H and O–H groups in total. The average Bonchev–Trinajstić information content (AvgIpc) is 3.32. The van der Waals surface area contributed by atoms with E-state index in [2.05, 4.69) is 97.1 Å². The standard InChI is InChI=1S/8C6H5.C5H8O4.2Sb/c8*1-2-4-6-5-3-1;6-4(7)2-1-3-5(8)9;;/h8*1-5H;1-3H2,(H,6,7)(H,8,9);;/q;;;;;;;;;2*+1/p-2. The Morgan fingerprint density at radius 3 is 0.576 bits per heavy atom. The number of hydrogen-bond donors (Lipinski definition) is 0. The van der Waals surface area contributed by atoms with E-state index in [0.29, 0.717) is 0 Å². The van der Waals surface area contributed by atoms with Gasteiger partial charge in [-0.1, -0.05) is 0 Å². The third-order valence-electron chi connectivity index (χ3n) is 11.3.